The molecule has 1 atom stereocenters. The predicted molar refractivity (Wildman–Crippen MR) is 82.3 cm³/mol. The topological polar surface area (TPSA) is 122 Å². The Labute approximate surface area is 131 Å². The van der Waals surface area contributed by atoms with E-state index in [2.05, 4.69) is 20.3 Å². The van der Waals surface area contributed by atoms with Crippen LogP contribution in [0.5, 0.6) is 0 Å². The number of hydrogen-bond donors (Lipinski definition) is 2. The van der Waals surface area contributed by atoms with Crippen LogP contribution in [0.1, 0.15) is 10.4 Å². The maximum Gasteiger partial charge on any atom is 0.264 e. The number of hydrogen-bond acceptors (Lipinski definition) is 6. The van der Waals surface area contributed by atoms with Crippen molar-refractivity contribution >= 4 is 15.7 Å². The van der Waals surface area contributed by atoms with Gasteiger partial charge >= 0.3 is 0 Å². The molecule has 0 bridgehead atoms. The Morgan fingerprint density at radius 1 is 1.30 bits per heavy atom. The molecule has 1 amide bonds. The van der Waals surface area contributed by atoms with Gasteiger partial charge in [-0.15, -0.1) is 0 Å². The molecule has 0 aliphatic carbocycles. The van der Waals surface area contributed by atoms with Gasteiger partial charge in [0.15, 0.2) is 9.84 Å². The van der Waals surface area contributed by atoms with Gasteiger partial charge in [0.05, 0.1) is 11.8 Å². The summed E-state index contributed by atoms with van der Waals surface area (Å²) >= 11 is 0. The van der Waals surface area contributed by atoms with Gasteiger partial charge in [0.25, 0.3) is 11.5 Å². The molecule has 8 nitrogen and oxygen atoms in total. The molecule has 0 spiro atoms. The zero-order valence-electron chi connectivity index (χ0n) is 11.8. The number of sulfone groups is 1. The summed E-state index contributed by atoms with van der Waals surface area (Å²) < 4.78 is 22.6. The fraction of sp³-hybridized carbons (Fsp3) is 0.143. The molecule has 3 rings (SSSR count). The zero-order valence-corrected chi connectivity index (χ0v) is 12.6. The van der Waals surface area contributed by atoms with Gasteiger partial charge in [0, 0.05) is 29.6 Å². The highest BCUT2D eigenvalue weighted by molar-refractivity contribution is 7.94. The number of aromatic amines is 1. The summed E-state index contributed by atoms with van der Waals surface area (Å²) in [6.45, 7) is 0. The Bertz CT molecular complexity index is 935. The van der Waals surface area contributed by atoms with Gasteiger partial charge in [-0.1, -0.05) is 0 Å². The summed E-state index contributed by atoms with van der Waals surface area (Å²) in [7, 11) is -3.28. The summed E-state index contributed by atoms with van der Waals surface area (Å²) in [6.07, 6.45) is 5.66. The maximum absolute atomic E-state index is 12.1. The molecule has 2 aromatic heterocycles. The number of amides is 1. The van der Waals surface area contributed by atoms with Crippen molar-refractivity contribution in [2.75, 3.05) is 5.75 Å². The van der Waals surface area contributed by atoms with Gasteiger partial charge in [0.1, 0.15) is 11.4 Å². The van der Waals surface area contributed by atoms with Crippen molar-refractivity contribution in [1.29, 1.82) is 0 Å². The van der Waals surface area contributed by atoms with Crippen molar-refractivity contribution in [1.82, 2.24) is 20.3 Å². The number of nitrogens with one attached hydrogen (secondary N) is 2. The molecule has 3 heterocycles. The third kappa shape index (κ3) is 3.34. The minimum Gasteiger partial charge on any atom is -0.345 e. The summed E-state index contributed by atoms with van der Waals surface area (Å²) in [4.78, 5) is 34.6. The SMILES string of the molecule is O=C(N[C@H]1C=CS(=O)(=O)C1)c1cnc(-c2ccncc2)[nH]c1=O. The Morgan fingerprint density at radius 2 is 2.04 bits per heavy atom. The summed E-state index contributed by atoms with van der Waals surface area (Å²) in [5.74, 6) is -0.566. The first-order valence-electron chi connectivity index (χ1n) is 6.66. The molecule has 0 radical (unpaired) electrons. The first-order chi connectivity index (χ1) is 10.9. The van der Waals surface area contributed by atoms with Crippen LogP contribution in [0, 0.1) is 0 Å². The third-order valence-electron chi connectivity index (χ3n) is 3.24. The molecule has 0 saturated heterocycles. The van der Waals surface area contributed by atoms with E-state index in [0.717, 1.165) is 11.6 Å². The van der Waals surface area contributed by atoms with Gasteiger partial charge in [0.2, 0.25) is 0 Å². The molecule has 1 aliphatic heterocycles. The number of aromatic nitrogens is 3. The molecule has 9 heteroatoms. The molecule has 0 aromatic carbocycles. The average molecular weight is 332 g/mol. The first kappa shape index (κ1) is 15.1. The number of carbonyl (C=O) groups is 1. The molecule has 0 fully saturated rings. The van der Waals surface area contributed by atoms with Crippen molar-refractivity contribution < 1.29 is 13.2 Å². The second kappa shape index (κ2) is 5.76. The Hall–Kier alpha value is -2.81. The van der Waals surface area contributed by atoms with Crippen LogP contribution < -0.4 is 10.9 Å². The van der Waals surface area contributed by atoms with E-state index in [1.165, 1.54) is 6.08 Å². The van der Waals surface area contributed by atoms with Crippen LogP contribution in [0.25, 0.3) is 11.4 Å². The van der Waals surface area contributed by atoms with E-state index in [1.807, 2.05) is 0 Å². The molecule has 0 unspecified atom stereocenters. The normalized spacial score (nSPS) is 18.7. The van der Waals surface area contributed by atoms with Gasteiger partial charge in [-0.25, -0.2) is 13.4 Å². The maximum atomic E-state index is 12.1. The van der Waals surface area contributed by atoms with E-state index < -0.39 is 27.3 Å². The quantitative estimate of drug-likeness (QED) is 0.807. The van der Waals surface area contributed by atoms with Crippen molar-refractivity contribution in [3.05, 3.63) is 58.1 Å². The smallest absolute Gasteiger partial charge is 0.264 e. The van der Waals surface area contributed by atoms with Crippen molar-refractivity contribution in [3.63, 3.8) is 0 Å². The van der Waals surface area contributed by atoms with Gasteiger partial charge in [-0.05, 0) is 18.2 Å². The molecule has 2 N–H and O–H groups in total. The highest BCUT2D eigenvalue weighted by Gasteiger charge is 2.24. The standard InChI is InChI=1S/C14H12N4O4S/c19-13(17-10-3-6-23(21,22)8-10)11-7-16-12(18-14(11)20)9-1-4-15-5-2-9/h1-7,10H,8H2,(H,17,19)(H,16,18,20)/t10-/m0/s1. The largest absolute Gasteiger partial charge is 0.345 e. The van der Waals surface area contributed by atoms with E-state index in [9.17, 15) is 18.0 Å². The minimum atomic E-state index is -3.28. The predicted octanol–water partition coefficient (Wildman–Crippen LogP) is -0.128. The van der Waals surface area contributed by atoms with Crippen molar-refractivity contribution in [2.24, 2.45) is 0 Å². The molecule has 118 valence electrons. The fourth-order valence-electron chi connectivity index (χ4n) is 2.12. The van der Waals surface area contributed by atoms with Crippen LogP contribution in [0.3, 0.4) is 0 Å². The average Bonchev–Trinajstić information content (AvgIpc) is 2.86. The van der Waals surface area contributed by atoms with E-state index in [1.54, 1.807) is 24.5 Å². The number of rotatable bonds is 3. The minimum absolute atomic E-state index is 0.180. The molecule has 2 aromatic rings. The van der Waals surface area contributed by atoms with Gasteiger partial charge in [-0.2, -0.15) is 0 Å². The number of carbonyl (C=O) groups excluding carboxylic acids is 1. The highest BCUT2D eigenvalue weighted by Crippen LogP contribution is 2.11. The highest BCUT2D eigenvalue weighted by atomic mass is 32.2. The Morgan fingerprint density at radius 3 is 2.65 bits per heavy atom. The summed E-state index contributed by atoms with van der Waals surface area (Å²) in [6, 6.07) is 2.70. The van der Waals surface area contributed by atoms with E-state index in [0.29, 0.717) is 11.4 Å². The molecule has 23 heavy (non-hydrogen) atoms. The van der Waals surface area contributed by atoms with Crippen molar-refractivity contribution in [3.8, 4) is 11.4 Å². The van der Waals surface area contributed by atoms with Crippen LogP contribution in [0.4, 0.5) is 0 Å². The van der Waals surface area contributed by atoms with Gasteiger partial charge < -0.3 is 10.3 Å². The lowest BCUT2D eigenvalue weighted by Crippen LogP contribution is -2.38. The lowest BCUT2D eigenvalue weighted by molar-refractivity contribution is 0.0946. The lowest BCUT2D eigenvalue weighted by atomic mass is 10.2. The number of nitrogens with zero attached hydrogens (tertiary/aromatic N) is 2. The van der Waals surface area contributed by atoms with Crippen molar-refractivity contribution in [2.45, 2.75) is 6.04 Å². The van der Waals surface area contributed by atoms with Crippen LogP contribution in [0.2, 0.25) is 0 Å². The first-order valence-corrected chi connectivity index (χ1v) is 8.38. The number of pyridine rings is 1. The van der Waals surface area contributed by atoms with E-state index in [4.69, 9.17) is 0 Å². The van der Waals surface area contributed by atoms with Crippen LogP contribution in [-0.2, 0) is 9.84 Å². The second-order valence-electron chi connectivity index (χ2n) is 4.95. The summed E-state index contributed by atoms with van der Waals surface area (Å²) in [5.41, 5.74) is -0.122. The molecule has 1 aliphatic rings. The molecular weight excluding hydrogens is 320 g/mol. The van der Waals surface area contributed by atoms with Gasteiger partial charge in [-0.3, -0.25) is 14.6 Å². The summed E-state index contributed by atoms with van der Waals surface area (Å²) in [5, 5.41) is 3.52. The zero-order chi connectivity index (χ0) is 16.4. The Kier molecular flexibility index (Phi) is 3.78. The van der Waals surface area contributed by atoms with E-state index >= 15 is 0 Å². The van der Waals surface area contributed by atoms with E-state index in [-0.39, 0.29) is 11.3 Å². The molecule has 0 saturated carbocycles. The third-order valence-corrected chi connectivity index (χ3v) is 4.64. The monoisotopic (exact) mass is 332 g/mol. The Balaban J connectivity index is 1.80. The second-order valence-corrected chi connectivity index (χ2v) is 6.88. The molecular formula is C14H12N4O4S. The lowest BCUT2D eigenvalue weighted by Gasteiger charge is -2.09. The van der Waals surface area contributed by atoms with Crippen LogP contribution in [-0.4, -0.2) is 41.1 Å². The fourth-order valence-corrected chi connectivity index (χ4v) is 3.36. The number of H-pyrrole nitrogens is 1. The van der Waals surface area contributed by atoms with Crippen LogP contribution in [0.15, 0.2) is 47.0 Å². The van der Waals surface area contributed by atoms with Crippen LogP contribution >= 0.6 is 0 Å².